The van der Waals surface area contributed by atoms with Crippen molar-refractivity contribution in [3.63, 3.8) is 0 Å². The second kappa shape index (κ2) is 5.22. The van der Waals surface area contributed by atoms with E-state index in [0.29, 0.717) is 13.0 Å². The number of nitrogens with two attached hydrogens (primary N) is 1. The molecular formula is C10H22N2O. The van der Waals surface area contributed by atoms with Crippen LogP contribution in [0.1, 0.15) is 33.6 Å². The van der Waals surface area contributed by atoms with Crippen LogP contribution in [0.15, 0.2) is 0 Å². The highest BCUT2D eigenvalue weighted by atomic mass is 16.2. The first kappa shape index (κ1) is 12.4. The Morgan fingerprint density at radius 1 is 1.38 bits per heavy atom. The van der Waals surface area contributed by atoms with Gasteiger partial charge in [0.15, 0.2) is 0 Å². The Morgan fingerprint density at radius 3 is 2.31 bits per heavy atom. The molecule has 0 aliphatic carbocycles. The lowest BCUT2D eigenvalue weighted by Gasteiger charge is -2.23. The first-order chi connectivity index (χ1) is 5.87. The molecule has 0 aliphatic rings. The molecule has 0 saturated heterocycles. The van der Waals surface area contributed by atoms with Crippen LogP contribution in [-0.4, -0.2) is 30.9 Å². The van der Waals surface area contributed by atoms with Crippen molar-refractivity contribution < 1.29 is 4.79 Å². The highest BCUT2D eigenvalue weighted by molar-refractivity contribution is 5.76. The minimum atomic E-state index is 0.0774. The second-order valence-electron chi connectivity index (χ2n) is 4.69. The van der Waals surface area contributed by atoms with Crippen LogP contribution in [0.4, 0.5) is 0 Å². The summed E-state index contributed by atoms with van der Waals surface area (Å²) in [7, 11) is 1.84. The summed E-state index contributed by atoms with van der Waals surface area (Å²) in [5, 5.41) is 0. The first-order valence-corrected chi connectivity index (χ1v) is 4.81. The molecule has 3 nitrogen and oxygen atoms in total. The van der Waals surface area contributed by atoms with Crippen LogP contribution in [0.5, 0.6) is 0 Å². The number of amides is 1. The molecule has 0 aromatic carbocycles. The molecule has 0 aromatic heterocycles. The van der Waals surface area contributed by atoms with Gasteiger partial charge in [-0.05, 0) is 18.4 Å². The predicted molar refractivity (Wildman–Crippen MR) is 55.4 cm³/mol. The van der Waals surface area contributed by atoms with E-state index in [4.69, 9.17) is 5.73 Å². The summed E-state index contributed by atoms with van der Waals surface area (Å²) in [5.74, 6) is 0.209. The zero-order chi connectivity index (χ0) is 10.5. The average molecular weight is 186 g/mol. The molecule has 0 fully saturated rings. The molecule has 13 heavy (non-hydrogen) atoms. The number of rotatable bonds is 4. The van der Waals surface area contributed by atoms with E-state index >= 15 is 0 Å². The summed E-state index contributed by atoms with van der Waals surface area (Å²) >= 11 is 0. The Kier molecular flexibility index (Phi) is 4.99. The topological polar surface area (TPSA) is 46.3 Å². The largest absolute Gasteiger partial charge is 0.346 e. The zero-order valence-electron chi connectivity index (χ0n) is 9.26. The van der Waals surface area contributed by atoms with E-state index in [9.17, 15) is 4.79 Å². The molecule has 2 N–H and O–H groups in total. The fraction of sp³-hybridized carbons (Fsp3) is 0.900. The van der Waals surface area contributed by atoms with E-state index in [-0.39, 0.29) is 11.3 Å². The number of hydrogen-bond acceptors (Lipinski definition) is 2. The third-order valence-corrected chi connectivity index (χ3v) is 1.80. The molecule has 0 unspecified atom stereocenters. The maximum Gasteiger partial charge on any atom is 0.222 e. The van der Waals surface area contributed by atoms with Gasteiger partial charge in [-0.2, -0.15) is 0 Å². The van der Waals surface area contributed by atoms with Gasteiger partial charge < -0.3 is 10.6 Å². The molecule has 0 spiro atoms. The van der Waals surface area contributed by atoms with Gasteiger partial charge in [0.05, 0.1) is 0 Å². The van der Waals surface area contributed by atoms with E-state index in [2.05, 4.69) is 20.8 Å². The van der Waals surface area contributed by atoms with Crippen molar-refractivity contribution in [2.75, 3.05) is 20.1 Å². The SMILES string of the molecule is CN(CCCN)C(=O)CC(C)(C)C. The predicted octanol–water partition coefficient (Wildman–Crippen LogP) is 1.23. The van der Waals surface area contributed by atoms with E-state index in [1.165, 1.54) is 0 Å². The van der Waals surface area contributed by atoms with Crippen molar-refractivity contribution >= 4 is 5.91 Å². The fourth-order valence-electron chi connectivity index (χ4n) is 1.04. The smallest absolute Gasteiger partial charge is 0.222 e. The number of carbonyl (C=O) groups is 1. The lowest BCUT2D eigenvalue weighted by atomic mass is 9.92. The van der Waals surface area contributed by atoms with Gasteiger partial charge in [-0.25, -0.2) is 0 Å². The Balaban J connectivity index is 3.83. The summed E-state index contributed by atoms with van der Waals surface area (Å²) in [4.78, 5) is 13.3. The van der Waals surface area contributed by atoms with Gasteiger partial charge in [-0.15, -0.1) is 0 Å². The molecule has 78 valence electrons. The third-order valence-electron chi connectivity index (χ3n) is 1.80. The van der Waals surface area contributed by atoms with Crippen LogP contribution in [0.2, 0.25) is 0 Å². The highest BCUT2D eigenvalue weighted by Gasteiger charge is 2.18. The number of carbonyl (C=O) groups excluding carboxylic acids is 1. The quantitative estimate of drug-likeness (QED) is 0.717. The lowest BCUT2D eigenvalue weighted by Crippen LogP contribution is -2.31. The van der Waals surface area contributed by atoms with Crippen LogP contribution in [-0.2, 0) is 4.79 Å². The summed E-state index contributed by atoms with van der Waals surface area (Å²) in [6.07, 6.45) is 1.49. The van der Waals surface area contributed by atoms with Crippen molar-refractivity contribution in [2.45, 2.75) is 33.6 Å². The molecule has 0 radical (unpaired) electrons. The van der Waals surface area contributed by atoms with Crippen molar-refractivity contribution in [3.05, 3.63) is 0 Å². The summed E-state index contributed by atoms with van der Waals surface area (Å²) < 4.78 is 0. The van der Waals surface area contributed by atoms with Crippen LogP contribution >= 0.6 is 0 Å². The monoisotopic (exact) mass is 186 g/mol. The Hall–Kier alpha value is -0.570. The molecule has 0 saturated carbocycles. The Bertz CT molecular complexity index is 161. The Morgan fingerprint density at radius 2 is 1.92 bits per heavy atom. The van der Waals surface area contributed by atoms with E-state index in [1.54, 1.807) is 4.90 Å². The lowest BCUT2D eigenvalue weighted by molar-refractivity contribution is -0.131. The van der Waals surface area contributed by atoms with Crippen LogP contribution < -0.4 is 5.73 Å². The van der Waals surface area contributed by atoms with Crippen LogP contribution in [0.25, 0.3) is 0 Å². The molecule has 0 heterocycles. The maximum absolute atomic E-state index is 11.5. The normalized spacial score (nSPS) is 11.5. The molecule has 0 bridgehead atoms. The van der Waals surface area contributed by atoms with E-state index in [0.717, 1.165) is 13.0 Å². The van der Waals surface area contributed by atoms with Crippen LogP contribution in [0, 0.1) is 5.41 Å². The van der Waals surface area contributed by atoms with Gasteiger partial charge in [0.1, 0.15) is 0 Å². The van der Waals surface area contributed by atoms with Gasteiger partial charge >= 0.3 is 0 Å². The van der Waals surface area contributed by atoms with Gasteiger partial charge in [0.25, 0.3) is 0 Å². The van der Waals surface area contributed by atoms with Gasteiger partial charge in [-0.3, -0.25) is 4.79 Å². The first-order valence-electron chi connectivity index (χ1n) is 4.81. The highest BCUT2D eigenvalue weighted by Crippen LogP contribution is 2.19. The van der Waals surface area contributed by atoms with Gasteiger partial charge in [0, 0.05) is 20.0 Å². The molecular weight excluding hydrogens is 164 g/mol. The van der Waals surface area contributed by atoms with Gasteiger partial charge in [-0.1, -0.05) is 20.8 Å². The minimum Gasteiger partial charge on any atom is -0.346 e. The Labute approximate surface area is 81.3 Å². The molecule has 0 rings (SSSR count). The summed E-state index contributed by atoms with van der Waals surface area (Å²) in [5.41, 5.74) is 5.44. The van der Waals surface area contributed by atoms with Crippen molar-refractivity contribution in [3.8, 4) is 0 Å². The maximum atomic E-state index is 11.5. The molecule has 3 heteroatoms. The van der Waals surface area contributed by atoms with Crippen LogP contribution in [0.3, 0.4) is 0 Å². The average Bonchev–Trinajstić information content (AvgIpc) is 1.96. The molecule has 0 atom stereocenters. The van der Waals surface area contributed by atoms with E-state index in [1.807, 2.05) is 7.05 Å². The van der Waals surface area contributed by atoms with Crippen molar-refractivity contribution in [1.82, 2.24) is 4.90 Å². The minimum absolute atomic E-state index is 0.0774. The fourth-order valence-corrected chi connectivity index (χ4v) is 1.04. The number of nitrogens with zero attached hydrogens (tertiary/aromatic N) is 1. The second-order valence-corrected chi connectivity index (χ2v) is 4.69. The standard InChI is InChI=1S/C10H22N2O/c1-10(2,3)8-9(13)12(4)7-5-6-11/h5-8,11H2,1-4H3. The number of hydrogen-bond donors (Lipinski definition) is 1. The zero-order valence-corrected chi connectivity index (χ0v) is 9.26. The molecule has 1 amide bonds. The third kappa shape index (κ3) is 6.58. The van der Waals surface area contributed by atoms with Gasteiger partial charge in [0.2, 0.25) is 5.91 Å². The van der Waals surface area contributed by atoms with Crippen molar-refractivity contribution in [2.24, 2.45) is 11.1 Å². The molecule has 0 aromatic rings. The summed E-state index contributed by atoms with van der Waals surface area (Å²) in [6, 6.07) is 0. The molecule has 0 aliphatic heterocycles. The van der Waals surface area contributed by atoms with Crippen molar-refractivity contribution in [1.29, 1.82) is 0 Å². The van der Waals surface area contributed by atoms with E-state index < -0.39 is 0 Å². The summed E-state index contributed by atoms with van der Waals surface area (Å²) in [6.45, 7) is 7.63.